The van der Waals surface area contributed by atoms with Gasteiger partial charge in [-0.05, 0) is 33.1 Å². The summed E-state index contributed by atoms with van der Waals surface area (Å²) >= 11 is 0. The first-order chi connectivity index (χ1) is 5.65. The van der Waals surface area contributed by atoms with Crippen molar-refractivity contribution in [2.24, 2.45) is 0 Å². The van der Waals surface area contributed by atoms with Crippen LogP contribution in [-0.2, 0) is 0 Å². The van der Waals surface area contributed by atoms with Crippen LogP contribution in [0.3, 0.4) is 0 Å². The van der Waals surface area contributed by atoms with Gasteiger partial charge >= 0.3 is 0 Å². The van der Waals surface area contributed by atoms with E-state index in [2.05, 4.69) is 32.3 Å². The van der Waals surface area contributed by atoms with Crippen molar-refractivity contribution >= 4 is 0 Å². The van der Waals surface area contributed by atoms with Gasteiger partial charge in [0.1, 0.15) is 0 Å². The molecule has 0 amide bonds. The van der Waals surface area contributed by atoms with Crippen molar-refractivity contribution in [1.82, 2.24) is 4.90 Å². The molecular formula is C11H21N. The Balaban J connectivity index is 2.51. The van der Waals surface area contributed by atoms with Crippen LogP contribution in [0.1, 0.15) is 40.0 Å². The number of hydrogen-bond donors (Lipinski definition) is 0. The van der Waals surface area contributed by atoms with Crippen LogP contribution in [-0.4, -0.2) is 23.5 Å². The van der Waals surface area contributed by atoms with E-state index in [9.17, 15) is 0 Å². The summed E-state index contributed by atoms with van der Waals surface area (Å²) in [4.78, 5) is 2.60. The van der Waals surface area contributed by atoms with E-state index in [1.807, 2.05) is 0 Å². The molecule has 1 heteroatoms. The molecule has 1 aliphatic heterocycles. The smallest absolute Gasteiger partial charge is 0.0193 e. The predicted octanol–water partition coefficient (Wildman–Crippen LogP) is 2.83. The largest absolute Gasteiger partial charge is 0.294 e. The van der Waals surface area contributed by atoms with Crippen LogP contribution < -0.4 is 0 Å². The summed E-state index contributed by atoms with van der Waals surface area (Å²) in [6.07, 6.45) is 4.04. The lowest BCUT2D eigenvalue weighted by molar-refractivity contribution is 0.217. The van der Waals surface area contributed by atoms with Gasteiger partial charge in [0.25, 0.3) is 0 Å². The number of rotatable bonds is 3. The van der Waals surface area contributed by atoms with Gasteiger partial charge in [-0.1, -0.05) is 19.1 Å². The quantitative estimate of drug-likeness (QED) is 0.584. The normalized spacial score (nSPS) is 30.9. The third kappa shape index (κ3) is 2.10. The maximum absolute atomic E-state index is 3.98. The molecule has 0 aromatic heterocycles. The van der Waals surface area contributed by atoms with Crippen LogP contribution >= 0.6 is 0 Å². The molecule has 2 atom stereocenters. The molecule has 0 saturated carbocycles. The number of hydrogen-bond acceptors (Lipinski definition) is 1. The fourth-order valence-electron chi connectivity index (χ4n) is 2.16. The molecule has 0 radical (unpaired) electrons. The molecule has 1 heterocycles. The minimum Gasteiger partial charge on any atom is -0.294 e. The highest BCUT2D eigenvalue weighted by molar-refractivity contribution is 4.97. The Labute approximate surface area is 76.5 Å². The summed E-state index contributed by atoms with van der Waals surface area (Å²) in [5, 5.41) is 0. The molecule has 1 nitrogen and oxygen atoms in total. The maximum atomic E-state index is 3.98. The lowest BCUT2D eigenvalue weighted by Gasteiger charge is -2.27. The monoisotopic (exact) mass is 167 g/mol. The molecule has 0 aromatic carbocycles. The van der Waals surface area contributed by atoms with Crippen molar-refractivity contribution in [2.45, 2.75) is 52.1 Å². The Morgan fingerprint density at radius 1 is 1.50 bits per heavy atom. The Bertz CT molecular complexity index is 162. The Hall–Kier alpha value is -0.300. The second kappa shape index (κ2) is 4.08. The van der Waals surface area contributed by atoms with Crippen molar-refractivity contribution < 1.29 is 0 Å². The summed E-state index contributed by atoms with van der Waals surface area (Å²) in [6, 6.07) is 1.59. The SMILES string of the molecule is C=C(C)CN1C(C)CCC1CC. The molecule has 1 aliphatic rings. The summed E-state index contributed by atoms with van der Waals surface area (Å²) < 4.78 is 0. The van der Waals surface area contributed by atoms with Crippen LogP contribution in [0.4, 0.5) is 0 Å². The Kier molecular flexibility index (Phi) is 3.33. The number of likely N-dealkylation sites (tertiary alicyclic amines) is 1. The maximum Gasteiger partial charge on any atom is 0.0193 e. The Morgan fingerprint density at radius 2 is 2.17 bits per heavy atom. The molecule has 12 heavy (non-hydrogen) atoms. The first kappa shape index (κ1) is 9.79. The molecule has 1 saturated heterocycles. The molecule has 0 bridgehead atoms. The van der Waals surface area contributed by atoms with Crippen molar-refractivity contribution in [2.75, 3.05) is 6.54 Å². The summed E-state index contributed by atoms with van der Waals surface area (Å²) in [7, 11) is 0. The third-order valence-electron chi connectivity index (χ3n) is 2.88. The van der Waals surface area contributed by atoms with Gasteiger partial charge in [-0.15, -0.1) is 0 Å². The van der Waals surface area contributed by atoms with Gasteiger partial charge in [-0.3, -0.25) is 4.90 Å². The molecule has 0 aliphatic carbocycles. The van der Waals surface area contributed by atoms with Crippen LogP contribution in [0.25, 0.3) is 0 Å². The lowest BCUT2D eigenvalue weighted by atomic mass is 10.1. The van der Waals surface area contributed by atoms with E-state index in [-0.39, 0.29) is 0 Å². The fourth-order valence-corrected chi connectivity index (χ4v) is 2.16. The van der Waals surface area contributed by atoms with Gasteiger partial charge in [0, 0.05) is 18.6 Å². The predicted molar refractivity (Wildman–Crippen MR) is 54.3 cm³/mol. The van der Waals surface area contributed by atoms with E-state index in [4.69, 9.17) is 0 Å². The van der Waals surface area contributed by atoms with Gasteiger partial charge < -0.3 is 0 Å². The van der Waals surface area contributed by atoms with Crippen molar-refractivity contribution in [3.05, 3.63) is 12.2 Å². The van der Waals surface area contributed by atoms with E-state index < -0.39 is 0 Å². The highest BCUT2D eigenvalue weighted by Crippen LogP contribution is 2.26. The molecule has 70 valence electrons. The standard InChI is InChI=1S/C11H21N/c1-5-11-7-6-10(4)12(11)8-9(2)3/h10-11H,2,5-8H2,1,3-4H3. The van der Waals surface area contributed by atoms with Crippen LogP contribution in [0.2, 0.25) is 0 Å². The summed E-state index contributed by atoms with van der Waals surface area (Å²) in [6.45, 7) is 11.8. The van der Waals surface area contributed by atoms with Crippen molar-refractivity contribution in [3.8, 4) is 0 Å². The average Bonchev–Trinajstić information content (AvgIpc) is 2.32. The second-order valence-electron chi connectivity index (χ2n) is 4.12. The lowest BCUT2D eigenvalue weighted by Crippen LogP contribution is -2.35. The number of nitrogens with zero attached hydrogens (tertiary/aromatic N) is 1. The highest BCUT2D eigenvalue weighted by Gasteiger charge is 2.28. The average molecular weight is 167 g/mol. The van der Waals surface area contributed by atoms with Crippen molar-refractivity contribution in [3.63, 3.8) is 0 Å². The molecule has 1 rings (SSSR count). The molecule has 1 fully saturated rings. The van der Waals surface area contributed by atoms with E-state index in [0.29, 0.717) is 0 Å². The third-order valence-corrected chi connectivity index (χ3v) is 2.88. The highest BCUT2D eigenvalue weighted by atomic mass is 15.2. The molecular weight excluding hydrogens is 146 g/mol. The van der Waals surface area contributed by atoms with Gasteiger partial charge in [-0.25, -0.2) is 0 Å². The second-order valence-corrected chi connectivity index (χ2v) is 4.12. The summed E-state index contributed by atoms with van der Waals surface area (Å²) in [5.41, 5.74) is 1.29. The summed E-state index contributed by atoms with van der Waals surface area (Å²) in [5.74, 6) is 0. The first-order valence-corrected chi connectivity index (χ1v) is 5.05. The topological polar surface area (TPSA) is 3.24 Å². The molecule has 0 spiro atoms. The zero-order valence-corrected chi connectivity index (χ0v) is 8.64. The van der Waals surface area contributed by atoms with Gasteiger partial charge in [0.05, 0.1) is 0 Å². The molecule has 0 N–H and O–H groups in total. The van der Waals surface area contributed by atoms with Gasteiger partial charge in [0.15, 0.2) is 0 Å². The minimum absolute atomic E-state index is 0.770. The van der Waals surface area contributed by atoms with Gasteiger partial charge in [-0.2, -0.15) is 0 Å². The van der Waals surface area contributed by atoms with Crippen molar-refractivity contribution in [1.29, 1.82) is 0 Å². The van der Waals surface area contributed by atoms with Gasteiger partial charge in [0.2, 0.25) is 0 Å². The minimum atomic E-state index is 0.770. The van der Waals surface area contributed by atoms with Crippen LogP contribution in [0.15, 0.2) is 12.2 Å². The molecule has 2 unspecified atom stereocenters. The van der Waals surface area contributed by atoms with E-state index in [0.717, 1.165) is 18.6 Å². The van der Waals surface area contributed by atoms with E-state index in [1.165, 1.54) is 24.8 Å². The Morgan fingerprint density at radius 3 is 2.67 bits per heavy atom. The molecule has 0 aromatic rings. The zero-order chi connectivity index (χ0) is 9.14. The van der Waals surface area contributed by atoms with E-state index in [1.54, 1.807) is 0 Å². The van der Waals surface area contributed by atoms with Crippen LogP contribution in [0.5, 0.6) is 0 Å². The fraction of sp³-hybridized carbons (Fsp3) is 0.818. The zero-order valence-electron chi connectivity index (χ0n) is 8.64. The van der Waals surface area contributed by atoms with Crippen LogP contribution in [0, 0.1) is 0 Å². The first-order valence-electron chi connectivity index (χ1n) is 5.05. The van der Waals surface area contributed by atoms with E-state index >= 15 is 0 Å².